The lowest BCUT2D eigenvalue weighted by atomic mass is 10.3. The van der Waals surface area contributed by atoms with Crippen LogP contribution in [0.15, 0.2) is 6.33 Å². The van der Waals surface area contributed by atoms with E-state index < -0.39 is 0 Å². The van der Waals surface area contributed by atoms with Gasteiger partial charge < -0.3 is 5.73 Å². The molecule has 1 unspecified atom stereocenters. The van der Waals surface area contributed by atoms with E-state index in [9.17, 15) is 0 Å². The Labute approximate surface area is 73.2 Å². The van der Waals surface area contributed by atoms with E-state index in [0.29, 0.717) is 0 Å². The van der Waals surface area contributed by atoms with Crippen LogP contribution >= 0.6 is 11.3 Å². The molecule has 0 spiro atoms. The number of hydrogen-bond donors (Lipinski definition) is 1. The maximum Gasteiger partial charge on any atom is 0.234 e. The largest absolute Gasteiger partial charge is 0.328 e. The molecule has 0 fully saturated rings. The van der Waals surface area contributed by atoms with Crippen molar-refractivity contribution in [3.8, 4) is 0 Å². The summed E-state index contributed by atoms with van der Waals surface area (Å²) in [5, 5.41) is 12.8. The standard InChI is InChI=1S/C6H9N5S/c1-4(7)2-5-10-11-3-8-9-6(11)12-5/h3-4H,2,7H2,1H3. The van der Waals surface area contributed by atoms with Gasteiger partial charge in [-0.15, -0.1) is 10.2 Å². The minimum atomic E-state index is 0.147. The molecule has 2 aromatic heterocycles. The second-order valence-corrected chi connectivity index (χ2v) is 3.78. The summed E-state index contributed by atoms with van der Waals surface area (Å²) in [6.45, 7) is 1.96. The predicted molar refractivity (Wildman–Crippen MR) is 46.0 cm³/mol. The van der Waals surface area contributed by atoms with Crippen LogP contribution in [-0.4, -0.2) is 25.9 Å². The minimum absolute atomic E-state index is 0.147. The first-order chi connectivity index (χ1) is 5.75. The van der Waals surface area contributed by atoms with E-state index in [-0.39, 0.29) is 6.04 Å². The SMILES string of the molecule is CC(N)Cc1nn2cnnc2s1. The van der Waals surface area contributed by atoms with Gasteiger partial charge in [-0.3, -0.25) is 0 Å². The zero-order valence-electron chi connectivity index (χ0n) is 6.64. The fourth-order valence-corrected chi connectivity index (χ4v) is 1.91. The van der Waals surface area contributed by atoms with Crippen molar-refractivity contribution >= 4 is 16.3 Å². The summed E-state index contributed by atoms with van der Waals surface area (Å²) in [6, 6.07) is 0.147. The second kappa shape index (κ2) is 2.80. The van der Waals surface area contributed by atoms with Crippen LogP contribution in [0.25, 0.3) is 4.96 Å². The molecule has 2 heterocycles. The lowest BCUT2D eigenvalue weighted by molar-refractivity contribution is 0.719. The normalized spacial score (nSPS) is 13.8. The van der Waals surface area contributed by atoms with E-state index >= 15 is 0 Å². The monoisotopic (exact) mass is 183 g/mol. The predicted octanol–water partition coefficient (Wildman–Crippen LogP) is 0.0755. The molecule has 0 saturated heterocycles. The molecule has 0 aliphatic carbocycles. The van der Waals surface area contributed by atoms with Crippen LogP contribution in [0.3, 0.4) is 0 Å². The first-order valence-electron chi connectivity index (χ1n) is 3.67. The molecule has 0 radical (unpaired) electrons. The van der Waals surface area contributed by atoms with Crippen LogP contribution in [0.1, 0.15) is 11.9 Å². The van der Waals surface area contributed by atoms with E-state index in [1.54, 1.807) is 10.8 Å². The molecule has 0 amide bonds. The molecule has 0 aliphatic rings. The van der Waals surface area contributed by atoms with Crippen molar-refractivity contribution in [2.45, 2.75) is 19.4 Å². The van der Waals surface area contributed by atoms with E-state index in [1.165, 1.54) is 11.3 Å². The Morgan fingerprint density at radius 2 is 2.58 bits per heavy atom. The van der Waals surface area contributed by atoms with Crippen molar-refractivity contribution in [3.63, 3.8) is 0 Å². The fraction of sp³-hybridized carbons (Fsp3) is 0.500. The molecule has 2 N–H and O–H groups in total. The summed E-state index contributed by atoms with van der Waals surface area (Å²) in [7, 11) is 0. The highest BCUT2D eigenvalue weighted by molar-refractivity contribution is 7.16. The third-order valence-corrected chi connectivity index (χ3v) is 2.36. The molecular formula is C6H9N5S. The van der Waals surface area contributed by atoms with Gasteiger partial charge in [0.1, 0.15) is 11.3 Å². The maximum absolute atomic E-state index is 5.64. The van der Waals surface area contributed by atoms with Crippen LogP contribution < -0.4 is 5.73 Å². The second-order valence-electron chi connectivity index (χ2n) is 2.74. The number of aromatic nitrogens is 4. The summed E-state index contributed by atoms with van der Waals surface area (Å²) in [6.07, 6.45) is 2.39. The topological polar surface area (TPSA) is 69.1 Å². The quantitative estimate of drug-likeness (QED) is 0.715. The summed E-state index contributed by atoms with van der Waals surface area (Å²) >= 11 is 1.53. The van der Waals surface area contributed by atoms with E-state index in [1.807, 2.05) is 6.92 Å². The Kier molecular flexibility index (Phi) is 1.78. The number of nitrogens with two attached hydrogens (primary N) is 1. The first kappa shape index (κ1) is 7.63. The van der Waals surface area contributed by atoms with Crippen LogP contribution in [0, 0.1) is 0 Å². The van der Waals surface area contributed by atoms with Gasteiger partial charge in [-0.05, 0) is 6.92 Å². The van der Waals surface area contributed by atoms with Crippen molar-refractivity contribution in [2.75, 3.05) is 0 Å². The Morgan fingerprint density at radius 3 is 3.25 bits per heavy atom. The molecule has 0 bridgehead atoms. The Morgan fingerprint density at radius 1 is 1.75 bits per heavy atom. The van der Waals surface area contributed by atoms with Crippen molar-refractivity contribution < 1.29 is 0 Å². The van der Waals surface area contributed by atoms with Crippen molar-refractivity contribution in [3.05, 3.63) is 11.3 Å². The molecule has 12 heavy (non-hydrogen) atoms. The van der Waals surface area contributed by atoms with Gasteiger partial charge in [0.2, 0.25) is 4.96 Å². The van der Waals surface area contributed by atoms with Gasteiger partial charge in [0.25, 0.3) is 0 Å². The van der Waals surface area contributed by atoms with E-state index in [2.05, 4.69) is 15.3 Å². The van der Waals surface area contributed by atoms with Crippen molar-refractivity contribution in [1.29, 1.82) is 0 Å². The third-order valence-electron chi connectivity index (χ3n) is 1.43. The van der Waals surface area contributed by atoms with E-state index in [4.69, 9.17) is 5.73 Å². The van der Waals surface area contributed by atoms with Crippen molar-refractivity contribution in [2.24, 2.45) is 5.73 Å². The molecule has 2 rings (SSSR count). The summed E-state index contributed by atoms with van der Waals surface area (Å²) in [4.78, 5) is 0.825. The zero-order valence-corrected chi connectivity index (χ0v) is 7.45. The molecule has 1 atom stereocenters. The Bertz CT molecular complexity index is 347. The third kappa shape index (κ3) is 1.30. The highest BCUT2D eigenvalue weighted by atomic mass is 32.1. The highest BCUT2D eigenvalue weighted by Crippen LogP contribution is 2.12. The smallest absolute Gasteiger partial charge is 0.234 e. The molecule has 5 nitrogen and oxygen atoms in total. The first-order valence-corrected chi connectivity index (χ1v) is 4.48. The van der Waals surface area contributed by atoms with Crippen LogP contribution in [0.2, 0.25) is 0 Å². The lowest BCUT2D eigenvalue weighted by Crippen LogP contribution is -2.17. The van der Waals surface area contributed by atoms with E-state index in [0.717, 1.165) is 16.4 Å². The Balaban J connectivity index is 2.32. The van der Waals surface area contributed by atoms with Gasteiger partial charge in [0.15, 0.2) is 0 Å². The van der Waals surface area contributed by atoms with Crippen molar-refractivity contribution in [1.82, 2.24) is 19.8 Å². The number of fused-ring (bicyclic) bond motifs is 1. The van der Waals surface area contributed by atoms with Gasteiger partial charge in [-0.2, -0.15) is 9.61 Å². The van der Waals surface area contributed by atoms with Gasteiger partial charge in [0.05, 0.1) is 0 Å². The molecule has 64 valence electrons. The van der Waals surface area contributed by atoms with Gasteiger partial charge in [0, 0.05) is 12.5 Å². The maximum atomic E-state index is 5.64. The van der Waals surface area contributed by atoms with Gasteiger partial charge >= 0.3 is 0 Å². The fourth-order valence-electron chi connectivity index (χ4n) is 0.959. The summed E-state index contributed by atoms with van der Waals surface area (Å²) in [5.74, 6) is 0. The summed E-state index contributed by atoms with van der Waals surface area (Å²) in [5.41, 5.74) is 5.64. The van der Waals surface area contributed by atoms with Gasteiger partial charge in [-0.1, -0.05) is 11.3 Å². The molecule has 0 aromatic carbocycles. The summed E-state index contributed by atoms with van der Waals surface area (Å²) < 4.78 is 1.67. The number of nitrogens with zero attached hydrogens (tertiary/aromatic N) is 4. The zero-order chi connectivity index (χ0) is 8.55. The average Bonchev–Trinajstić information content (AvgIpc) is 2.43. The molecule has 2 aromatic rings. The molecule has 0 aliphatic heterocycles. The highest BCUT2D eigenvalue weighted by Gasteiger charge is 2.06. The van der Waals surface area contributed by atoms with Crippen LogP contribution in [-0.2, 0) is 6.42 Å². The van der Waals surface area contributed by atoms with Gasteiger partial charge in [-0.25, -0.2) is 0 Å². The van der Waals surface area contributed by atoms with Crippen LogP contribution in [0.5, 0.6) is 0 Å². The number of hydrogen-bond acceptors (Lipinski definition) is 5. The minimum Gasteiger partial charge on any atom is -0.328 e. The lowest BCUT2D eigenvalue weighted by Gasteiger charge is -1.97. The molecular weight excluding hydrogens is 174 g/mol. The van der Waals surface area contributed by atoms with Crippen LogP contribution in [0.4, 0.5) is 0 Å². The molecule has 0 saturated carbocycles. The average molecular weight is 183 g/mol. The molecule has 6 heteroatoms. The number of rotatable bonds is 2. The Hall–Kier alpha value is -1.01.